The third-order valence-corrected chi connectivity index (χ3v) is 3.46. The first-order valence-corrected chi connectivity index (χ1v) is 6.19. The van der Waals surface area contributed by atoms with Crippen molar-refractivity contribution in [1.82, 2.24) is 10.2 Å². The summed E-state index contributed by atoms with van der Waals surface area (Å²) in [6.07, 6.45) is 2.72. The predicted octanol–water partition coefficient (Wildman–Crippen LogP) is 1.10. The highest BCUT2D eigenvalue weighted by molar-refractivity contribution is 4.83. The summed E-state index contributed by atoms with van der Waals surface area (Å²) >= 11 is 0. The number of nitrogens with zero attached hydrogens (tertiary/aromatic N) is 1. The van der Waals surface area contributed by atoms with Gasteiger partial charge in [0.25, 0.3) is 0 Å². The van der Waals surface area contributed by atoms with Crippen LogP contribution in [0.15, 0.2) is 0 Å². The number of likely N-dealkylation sites (tertiary alicyclic amines) is 1. The molecular weight excluding hydrogens is 188 g/mol. The Morgan fingerprint density at radius 3 is 3.00 bits per heavy atom. The molecule has 1 unspecified atom stereocenters. The predicted molar refractivity (Wildman–Crippen MR) is 62.1 cm³/mol. The van der Waals surface area contributed by atoms with Gasteiger partial charge in [0.15, 0.2) is 0 Å². The van der Waals surface area contributed by atoms with E-state index >= 15 is 0 Å². The Kier molecular flexibility index (Phi) is 3.65. The highest BCUT2D eigenvalue weighted by Crippen LogP contribution is 2.28. The molecule has 0 radical (unpaired) electrons. The van der Waals surface area contributed by atoms with Gasteiger partial charge in [0.2, 0.25) is 0 Å². The van der Waals surface area contributed by atoms with Crippen LogP contribution in [0.25, 0.3) is 0 Å². The fourth-order valence-corrected chi connectivity index (χ4v) is 2.75. The van der Waals surface area contributed by atoms with Crippen LogP contribution in [0.3, 0.4) is 0 Å². The number of hydrogen-bond acceptors (Lipinski definition) is 3. The fraction of sp³-hybridized carbons (Fsp3) is 1.00. The summed E-state index contributed by atoms with van der Waals surface area (Å²) in [6.45, 7) is 11.2. The second-order valence-electron chi connectivity index (χ2n) is 5.73. The van der Waals surface area contributed by atoms with Crippen molar-refractivity contribution in [2.45, 2.75) is 32.7 Å². The van der Waals surface area contributed by atoms with Crippen LogP contribution in [-0.2, 0) is 4.74 Å². The normalized spacial score (nSPS) is 32.8. The zero-order chi connectivity index (χ0) is 10.7. The van der Waals surface area contributed by atoms with E-state index in [-0.39, 0.29) is 0 Å². The molecule has 0 saturated carbocycles. The minimum Gasteiger partial charge on any atom is -0.378 e. The highest BCUT2D eigenvalue weighted by atomic mass is 16.5. The molecule has 0 aromatic carbocycles. The summed E-state index contributed by atoms with van der Waals surface area (Å²) in [7, 11) is 0. The maximum absolute atomic E-state index is 5.49. The molecule has 2 aliphatic rings. The van der Waals surface area contributed by atoms with Gasteiger partial charge < -0.3 is 15.0 Å². The summed E-state index contributed by atoms with van der Waals surface area (Å²) < 4.78 is 5.49. The lowest BCUT2D eigenvalue weighted by Crippen LogP contribution is -2.51. The summed E-state index contributed by atoms with van der Waals surface area (Å²) in [4.78, 5) is 2.59. The van der Waals surface area contributed by atoms with Gasteiger partial charge in [-0.25, -0.2) is 0 Å². The second-order valence-corrected chi connectivity index (χ2v) is 5.73. The molecular formula is C12H24N2O. The molecule has 2 heterocycles. The van der Waals surface area contributed by atoms with Crippen molar-refractivity contribution in [3.8, 4) is 0 Å². The molecule has 15 heavy (non-hydrogen) atoms. The van der Waals surface area contributed by atoms with E-state index in [9.17, 15) is 0 Å². The molecule has 2 saturated heterocycles. The molecule has 3 heteroatoms. The highest BCUT2D eigenvalue weighted by Gasteiger charge is 2.27. The quantitative estimate of drug-likeness (QED) is 0.742. The Balaban J connectivity index is 1.78. The Labute approximate surface area is 93.2 Å². The number of hydrogen-bond donors (Lipinski definition) is 1. The molecule has 2 fully saturated rings. The van der Waals surface area contributed by atoms with Gasteiger partial charge in [-0.05, 0) is 24.8 Å². The third-order valence-electron chi connectivity index (χ3n) is 3.46. The first-order valence-electron chi connectivity index (χ1n) is 6.19. The van der Waals surface area contributed by atoms with E-state index in [0.717, 1.165) is 26.3 Å². The van der Waals surface area contributed by atoms with Crippen molar-refractivity contribution in [1.29, 1.82) is 0 Å². The van der Waals surface area contributed by atoms with Crippen LogP contribution in [0.5, 0.6) is 0 Å². The molecule has 3 nitrogen and oxygen atoms in total. The molecule has 0 amide bonds. The van der Waals surface area contributed by atoms with Crippen LogP contribution in [0.4, 0.5) is 0 Å². The minimum absolute atomic E-state index is 0.508. The summed E-state index contributed by atoms with van der Waals surface area (Å²) in [5.41, 5.74) is 0.508. The smallest absolute Gasteiger partial charge is 0.0632 e. The standard InChI is InChI=1S/C12H24N2O/c1-12(2)4-3-6-14(10-12)8-11-9-15-7-5-13-11/h11,13H,3-10H2,1-2H3. The van der Waals surface area contributed by atoms with Gasteiger partial charge in [-0.15, -0.1) is 0 Å². The lowest BCUT2D eigenvalue weighted by atomic mass is 9.84. The van der Waals surface area contributed by atoms with Crippen LogP contribution in [0.2, 0.25) is 0 Å². The van der Waals surface area contributed by atoms with Gasteiger partial charge in [0.05, 0.1) is 13.2 Å². The SMILES string of the molecule is CC1(C)CCCN(CC2COCCN2)C1. The van der Waals surface area contributed by atoms with Gasteiger partial charge in [-0.1, -0.05) is 13.8 Å². The molecule has 0 spiro atoms. The van der Waals surface area contributed by atoms with Crippen LogP contribution < -0.4 is 5.32 Å². The second kappa shape index (κ2) is 4.81. The molecule has 1 N–H and O–H groups in total. The van der Waals surface area contributed by atoms with Crippen molar-refractivity contribution in [3.05, 3.63) is 0 Å². The van der Waals surface area contributed by atoms with E-state index < -0.39 is 0 Å². The first kappa shape index (κ1) is 11.4. The summed E-state index contributed by atoms with van der Waals surface area (Å²) in [5.74, 6) is 0. The molecule has 2 rings (SSSR count). The zero-order valence-electron chi connectivity index (χ0n) is 10.1. The van der Waals surface area contributed by atoms with E-state index in [2.05, 4.69) is 24.1 Å². The Hall–Kier alpha value is -0.120. The number of morpholine rings is 1. The van der Waals surface area contributed by atoms with E-state index in [1.54, 1.807) is 0 Å². The van der Waals surface area contributed by atoms with Crippen molar-refractivity contribution in [3.63, 3.8) is 0 Å². The monoisotopic (exact) mass is 212 g/mol. The molecule has 88 valence electrons. The van der Waals surface area contributed by atoms with Crippen LogP contribution in [0, 0.1) is 5.41 Å². The maximum Gasteiger partial charge on any atom is 0.0632 e. The van der Waals surface area contributed by atoms with Gasteiger partial charge in [0, 0.05) is 25.7 Å². The topological polar surface area (TPSA) is 24.5 Å². The maximum atomic E-state index is 5.49. The number of rotatable bonds is 2. The number of nitrogens with one attached hydrogen (secondary N) is 1. The van der Waals surface area contributed by atoms with Crippen molar-refractivity contribution < 1.29 is 4.74 Å². The lowest BCUT2D eigenvalue weighted by molar-refractivity contribution is 0.0442. The summed E-state index contributed by atoms with van der Waals surface area (Å²) in [6, 6.07) is 0.549. The van der Waals surface area contributed by atoms with Gasteiger partial charge in [-0.3, -0.25) is 0 Å². The van der Waals surface area contributed by atoms with Crippen LogP contribution in [-0.4, -0.2) is 50.3 Å². The fourth-order valence-electron chi connectivity index (χ4n) is 2.75. The largest absolute Gasteiger partial charge is 0.378 e. The number of ether oxygens (including phenoxy) is 1. The molecule has 0 bridgehead atoms. The van der Waals surface area contributed by atoms with Crippen LogP contribution in [0.1, 0.15) is 26.7 Å². The molecule has 2 aliphatic heterocycles. The van der Waals surface area contributed by atoms with Crippen LogP contribution >= 0.6 is 0 Å². The average molecular weight is 212 g/mol. The molecule has 0 aromatic heterocycles. The Morgan fingerprint density at radius 2 is 2.33 bits per heavy atom. The molecule has 0 aromatic rings. The number of piperidine rings is 1. The average Bonchev–Trinajstić information content (AvgIpc) is 2.17. The van der Waals surface area contributed by atoms with Crippen molar-refractivity contribution in [2.24, 2.45) is 5.41 Å². The third kappa shape index (κ3) is 3.44. The van der Waals surface area contributed by atoms with Gasteiger partial charge >= 0.3 is 0 Å². The Bertz CT molecular complexity index is 200. The van der Waals surface area contributed by atoms with E-state index in [1.165, 1.54) is 25.9 Å². The lowest BCUT2D eigenvalue weighted by Gasteiger charge is -2.40. The first-order chi connectivity index (χ1) is 7.16. The van der Waals surface area contributed by atoms with Gasteiger partial charge in [-0.2, -0.15) is 0 Å². The molecule has 1 atom stereocenters. The van der Waals surface area contributed by atoms with Crippen molar-refractivity contribution in [2.75, 3.05) is 39.4 Å². The van der Waals surface area contributed by atoms with E-state index in [4.69, 9.17) is 4.74 Å². The Morgan fingerprint density at radius 1 is 1.47 bits per heavy atom. The minimum atomic E-state index is 0.508. The van der Waals surface area contributed by atoms with Crippen molar-refractivity contribution >= 4 is 0 Å². The molecule has 0 aliphatic carbocycles. The summed E-state index contributed by atoms with van der Waals surface area (Å²) in [5, 5.41) is 3.53. The zero-order valence-corrected chi connectivity index (χ0v) is 10.1. The van der Waals surface area contributed by atoms with E-state index in [1.807, 2.05) is 0 Å². The van der Waals surface area contributed by atoms with E-state index in [0.29, 0.717) is 11.5 Å². The van der Waals surface area contributed by atoms with Gasteiger partial charge in [0.1, 0.15) is 0 Å².